The van der Waals surface area contributed by atoms with Gasteiger partial charge in [0.1, 0.15) is 5.60 Å². The Hall–Kier alpha value is -3.10. The van der Waals surface area contributed by atoms with Gasteiger partial charge in [-0.3, -0.25) is 0 Å². The Morgan fingerprint density at radius 3 is 2.23 bits per heavy atom. The van der Waals surface area contributed by atoms with Gasteiger partial charge in [0.05, 0.1) is 22.9 Å². The van der Waals surface area contributed by atoms with Crippen molar-refractivity contribution in [2.24, 2.45) is 0 Å². The van der Waals surface area contributed by atoms with Gasteiger partial charge in [-0.05, 0) is 59.0 Å². The fraction of sp³-hybridized carbons (Fsp3) is 0.160. The van der Waals surface area contributed by atoms with Crippen molar-refractivity contribution < 1.29 is 15.4 Å². The summed E-state index contributed by atoms with van der Waals surface area (Å²) in [6, 6.07) is 19.3. The van der Waals surface area contributed by atoms with E-state index >= 15 is 0 Å². The molecule has 2 N–H and O–H groups in total. The quantitative estimate of drug-likeness (QED) is 0.214. The Bertz CT molecular complexity index is 1290. The molecule has 0 amide bonds. The van der Waals surface area contributed by atoms with Crippen molar-refractivity contribution in [1.29, 1.82) is 0 Å². The standard InChI is InChI=1S/C25H21Cl3N2O.HNO3/c1-17-12-20(19-3-6-21(26)7-4-19)5-8-22(17)25(31,15-30-11-10-29-16-30)14-18-2-9-23(27)24(28)13-18;2-1(3)4/h2-13,16,31H,14-15H2,1H3;(H,2,3,4). The molecule has 0 spiro atoms. The van der Waals surface area contributed by atoms with Crippen molar-refractivity contribution >= 4 is 34.8 Å². The largest absolute Gasteiger partial charge is 0.383 e. The molecule has 1 heterocycles. The Labute approximate surface area is 217 Å². The van der Waals surface area contributed by atoms with E-state index in [4.69, 9.17) is 50.1 Å². The SMILES string of the molecule is Cc1cc(-c2ccc(Cl)cc2)ccc1C(O)(Cc1ccc(Cl)c(Cl)c1)Cn1ccnc1.O=[N+]([O-])O. The summed E-state index contributed by atoms with van der Waals surface area (Å²) in [5, 5.41) is 27.2. The van der Waals surface area contributed by atoms with E-state index in [-0.39, 0.29) is 0 Å². The first-order valence-corrected chi connectivity index (χ1v) is 11.5. The van der Waals surface area contributed by atoms with E-state index in [1.54, 1.807) is 24.7 Å². The van der Waals surface area contributed by atoms with Crippen LogP contribution < -0.4 is 0 Å². The molecule has 182 valence electrons. The fourth-order valence-electron chi connectivity index (χ4n) is 3.91. The van der Waals surface area contributed by atoms with Crippen LogP contribution in [0.4, 0.5) is 0 Å². The summed E-state index contributed by atoms with van der Waals surface area (Å²) in [5.74, 6) is 0. The maximum absolute atomic E-state index is 11.9. The summed E-state index contributed by atoms with van der Waals surface area (Å²) in [6.07, 6.45) is 5.63. The lowest BCUT2D eigenvalue weighted by atomic mass is 9.83. The third-order valence-corrected chi connectivity index (χ3v) is 6.38. The molecule has 10 heteroatoms. The molecular weight excluding hydrogens is 513 g/mol. The molecule has 0 saturated carbocycles. The molecule has 4 rings (SSSR count). The highest BCUT2D eigenvalue weighted by atomic mass is 35.5. The number of aryl methyl sites for hydroxylation is 1. The lowest BCUT2D eigenvalue weighted by Crippen LogP contribution is -2.34. The molecule has 4 aromatic rings. The molecule has 0 aliphatic rings. The van der Waals surface area contributed by atoms with Crippen molar-refractivity contribution in [3.05, 3.63) is 121 Å². The van der Waals surface area contributed by atoms with Crippen LogP contribution in [-0.4, -0.2) is 25.0 Å². The number of benzene rings is 3. The van der Waals surface area contributed by atoms with Gasteiger partial charge >= 0.3 is 0 Å². The number of imidazole rings is 1. The zero-order valence-corrected chi connectivity index (χ0v) is 20.9. The molecule has 7 nitrogen and oxygen atoms in total. The van der Waals surface area contributed by atoms with Crippen molar-refractivity contribution in [3.8, 4) is 11.1 Å². The van der Waals surface area contributed by atoms with E-state index in [0.29, 0.717) is 28.0 Å². The molecule has 1 aromatic heterocycles. The maximum Gasteiger partial charge on any atom is 0.291 e. The molecule has 0 aliphatic carbocycles. The molecule has 1 unspecified atom stereocenters. The van der Waals surface area contributed by atoms with Crippen LogP contribution in [0.1, 0.15) is 16.7 Å². The van der Waals surface area contributed by atoms with Crippen LogP contribution in [0.25, 0.3) is 11.1 Å². The predicted octanol–water partition coefficient (Wildman–Crippen LogP) is 6.60. The average molecular weight is 535 g/mol. The topological polar surface area (TPSA) is 101 Å². The Morgan fingerprint density at radius 1 is 1.00 bits per heavy atom. The summed E-state index contributed by atoms with van der Waals surface area (Å²) >= 11 is 18.3. The van der Waals surface area contributed by atoms with E-state index in [2.05, 4.69) is 11.1 Å². The summed E-state index contributed by atoms with van der Waals surface area (Å²) in [5.41, 5.74) is 3.72. The first-order valence-electron chi connectivity index (χ1n) is 10.4. The van der Waals surface area contributed by atoms with E-state index < -0.39 is 10.7 Å². The van der Waals surface area contributed by atoms with Gasteiger partial charge in [0.2, 0.25) is 0 Å². The zero-order chi connectivity index (χ0) is 25.6. The van der Waals surface area contributed by atoms with Gasteiger partial charge in [-0.15, -0.1) is 10.1 Å². The number of halogens is 3. The second-order valence-electron chi connectivity index (χ2n) is 7.97. The summed E-state index contributed by atoms with van der Waals surface area (Å²) < 4.78 is 1.88. The third-order valence-electron chi connectivity index (χ3n) is 5.39. The molecular formula is C25H22Cl3N3O4. The molecule has 0 radical (unpaired) electrons. The van der Waals surface area contributed by atoms with Crippen LogP contribution in [0.3, 0.4) is 0 Å². The normalized spacial score (nSPS) is 12.4. The molecule has 3 aromatic carbocycles. The van der Waals surface area contributed by atoms with Crippen LogP contribution in [0.5, 0.6) is 0 Å². The monoisotopic (exact) mass is 533 g/mol. The summed E-state index contributed by atoms with van der Waals surface area (Å²) in [6.45, 7) is 2.37. The molecule has 0 aliphatic heterocycles. The molecule has 0 fully saturated rings. The molecule has 1 atom stereocenters. The Balaban J connectivity index is 0.000000795. The maximum atomic E-state index is 11.9. The first kappa shape index (κ1) is 26.5. The van der Waals surface area contributed by atoms with Crippen molar-refractivity contribution in [3.63, 3.8) is 0 Å². The smallest absolute Gasteiger partial charge is 0.291 e. The highest BCUT2D eigenvalue weighted by Crippen LogP contribution is 2.34. The van der Waals surface area contributed by atoms with Crippen LogP contribution in [0, 0.1) is 17.0 Å². The molecule has 35 heavy (non-hydrogen) atoms. The van der Waals surface area contributed by atoms with E-state index in [0.717, 1.165) is 27.8 Å². The Kier molecular flexibility index (Phi) is 8.75. The van der Waals surface area contributed by atoms with Crippen LogP contribution in [0.15, 0.2) is 79.4 Å². The Morgan fingerprint density at radius 2 is 1.66 bits per heavy atom. The van der Waals surface area contributed by atoms with Gasteiger partial charge in [0, 0.05) is 23.8 Å². The number of rotatable bonds is 6. The molecule has 0 bridgehead atoms. The fourth-order valence-corrected chi connectivity index (χ4v) is 4.36. The van der Waals surface area contributed by atoms with Gasteiger partial charge in [0.25, 0.3) is 5.09 Å². The highest BCUT2D eigenvalue weighted by Gasteiger charge is 2.32. The second-order valence-corrected chi connectivity index (χ2v) is 9.22. The number of aromatic nitrogens is 2. The van der Waals surface area contributed by atoms with Crippen LogP contribution in [0.2, 0.25) is 15.1 Å². The lowest BCUT2D eigenvalue weighted by Gasteiger charge is -2.31. The third kappa shape index (κ3) is 7.19. The first-order chi connectivity index (χ1) is 16.6. The predicted molar refractivity (Wildman–Crippen MR) is 137 cm³/mol. The van der Waals surface area contributed by atoms with Gasteiger partial charge in [-0.1, -0.05) is 71.2 Å². The second kappa shape index (κ2) is 11.6. The van der Waals surface area contributed by atoms with Crippen LogP contribution in [-0.2, 0) is 18.6 Å². The summed E-state index contributed by atoms with van der Waals surface area (Å²) in [7, 11) is 0. The van der Waals surface area contributed by atoms with Gasteiger partial charge < -0.3 is 14.9 Å². The minimum Gasteiger partial charge on any atom is -0.383 e. The minimum absolute atomic E-state index is 0.356. The number of aliphatic hydroxyl groups is 1. The zero-order valence-electron chi connectivity index (χ0n) is 18.6. The number of hydrogen-bond acceptors (Lipinski definition) is 4. The lowest BCUT2D eigenvalue weighted by molar-refractivity contribution is -0.742. The average Bonchev–Trinajstić information content (AvgIpc) is 3.29. The van der Waals surface area contributed by atoms with E-state index in [9.17, 15) is 5.11 Å². The number of nitrogens with zero attached hydrogens (tertiary/aromatic N) is 3. The van der Waals surface area contributed by atoms with Crippen LogP contribution >= 0.6 is 34.8 Å². The summed E-state index contributed by atoms with van der Waals surface area (Å²) in [4.78, 5) is 12.5. The van der Waals surface area contributed by atoms with Gasteiger partial charge in [0.15, 0.2) is 0 Å². The number of hydrogen-bond donors (Lipinski definition) is 2. The van der Waals surface area contributed by atoms with Gasteiger partial charge in [-0.2, -0.15) is 0 Å². The van der Waals surface area contributed by atoms with Gasteiger partial charge in [-0.25, -0.2) is 4.98 Å². The van der Waals surface area contributed by atoms with E-state index in [1.165, 1.54) is 0 Å². The minimum atomic E-state index is -1.50. The molecule has 0 saturated heterocycles. The van der Waals surface area contributed by atoms with Crippen molar-refractivity contribution in [2.75, 3.05) is 0 Å². The van der Waals surface area contributed by atoms with E-state index in [1.807, 2.05) is 60.2 Å². The highest BCUT2D eigenvalue weighted by molar-refractivity contribution is 6.42. The van der Waals surface area contributed by atoms with Crippen molar-refractivity contribution in [1.82, 2.24) is 9.55 Å². The van der Waals surface area contributed by atoms with Crippen molar-refractivity contribution in [2.45, 2.75) is 25.5 Å².